The van der Waals surface area contributed by atoms with E-state index in [0.717, 1.165) is 0 Å². The van der Waals surface area contributed by atoms with Crippen LogP contribution in [-0.2, 0) is 4.79 Å². The van der Waals surface area contributed by atoms with Crippen LogP contribution >= 0.6 is 0 Å². The molecule has 15 heavy (non-hydrogen) atoms. The molecule has 0 bridgehead atoms. The fourth-order valence-electron chi connectivity index (χ4n) is 1.43. The maximum Gasteiger partial charge on any atom is 0.407 e. The van der Waals surface area contributed by atoms with E-state index in [1.165, 1.54) is 4.90 Å². The highest BCUT2D eigenvalue weighted by atomic mass is 16.4. The van der Waals surface area contributed by atoms with E-state index in [2.05, 4.69) is 0 Å². The molecule has 1 aliphatic rings. The van der Waals surface area contributed by atoms with Gasteiger partial charge in [-0.25, -0.2) is 4.79 Å². The quantitative estimate of drug-likeness (QED) is 0.666. The average Bonchev–Trinajstić information content (AvgIpc) is 2.18. The Morgan fingerprint density at radius 3 is 2.13 bits per heavy atom. The van der Waals surface area contributed by atoms with E-state index >= 15 is 0 Å². The Morgan fingerprint density at radius 1 is 1.20 bits per heavy atom. The zero-order valence-corrected chi connectivity index (χ0v) is 9.14. The van der Waals surface area contributed by atoms with Crippen molar-refractivity contribution in [2.45, 2.75) is 0 Å². The lowest BCUT2D eigenvalue weighted by molar-refractivity contribution is -0.130. The highest BCUT2D eigenvalue weighted by Crippen LogP contribution is 2.01. The van der Waals surface area contributed by atoms with E-state index in [-0.39, 0.29) is 5.91 Å². The average molecular weight is 215 g/mol. The Hall–Kier alpha value is -1.30. The minimum Gasteiger partial charge on any atom is -0.465 e. The molecule has 0 aliphatic carbocycles. The van der Waals surface area contributed by atoms with Crippen LogP contribution in [0, 0.1) is 0 Å². The van der Waals surface area contributed by atoms with Gasteiger partial charge in [-0.1, -0.05) is 0 Å². The maximum absolute atomic E-state index is 11.4. The summed E-state index contributed by atoms with van der Waals surface area (Å²) in [4.78, 5) is 26.9. The molecule has 1 saturated heterocycles. The molecule has 2 amide bonds. The summed E-state index contributed by atoms with van der Waals surface area (Å²) < 4.78 is 0. The summed E-state index contributed by atoms with van der Waals surface area (Å²) in [6, 6.07) is 0. The highest BCUT2D eigenvalue weighted by Gasteiger charge is 2.21. The van der Waals surface area contributed by atoms with Crippen molar-refractivity contribution in [3.8, 4) is 0 Å². The van der Waals surface area contributed by atoms with Crippen LogP contribution in [0.1, 0.15) is 0 Å². The van der Waals surface area contributed by atoms with Gasteiger partial charge in [-0.15, -0.1) is 0 Å². The summed E-state index contributed by atoms with van der Waals surface area (Å²) in [5, 5.41) is 8.73. The second-order valence-corrected chi connectivity index (χ2v) is 3.83. The number of rotatable bonds is 2. The molecule has 1 fully saturated rings. The van der Waals surface area contributed by atoms with Crippen molar-refractivity contribution in [2.75, 3.05) is 46.8 Å². The number of hydrogen-bond donors (Lipinski definition) is 1. The van der Waals surface area contributed by atoms with E-state index in [0.29, 0.717) is 32.7 Å². The second kappa shape index (κ2) is 4.97. The monoisotopic (exact) mass is 215 g/mol. The minimum atomic E-state index is -0.881. The van der Waals surface area contributed by atoms with Gasteiger partial charge >= 0.3 is 6.09 Å². The van der Waals surface area contributed by atoms with Crippen LogP contribution in [0.4, 0.5) is 4.79 Å². The Kier molecular flexibility index (Phi) is 3.90. The Labute approximate surface area is 89.0 Å². The zero-order valence-electron chi connectivity index (χ0n) is 9.14. The van der Waals surface area contributed by atoms with Crippen LogP contribution in [0.15, 0.2) is 0 Å². The van der Waals surface area contributed by atoms with Crippen molar-refractivity contribution in [3.05, 3.63) is 0 Å². The van der Waals surface area contributed by atoms with Gasteiger partial charge in [-0.2, -0.15) is 0 Å². The Morgan fingerprint density at radius 2 is 1.73 bits per heavy atom. The number of piperazine rings is 1. The number of amides is 2. The molecule has 86 valence electrons. The molecule has 1 rings (SSSR count). The second-order valence-electron chi connectivity index (χ2n) is 3.83. The van der Waals surface area contributed by atoms with Gasteiger partial charge in [0.1, 0.15) is 0 Å². The predicted molar refractivity (Wildman–Crippen MR) is 54.7 cm³/mol. The number of carbonyl (C=O) groups excluding carboxylic acids is 1. The van der Waals surface area contributed by atoms with E-state index in [4.69, 9.17) is 5.11 Å². The first-order chi connectivity index (χ1) is 7.00. The van der Waals surface area contributed by atoms with E-state index in [1.54, 1.807) is 19.0 Å². The first kappa shape index (κ1) is 11.8. The van der Waals surface area contributed by atoms with Gasteiger partial charge in [0.2, 0.25) is 5.91 Å². The molecule has 0 saturated carbocycles. The summed E-state index contributed by atoms with van der Waals surface area (Å²) in [6.07, 6.45) is -0.881. The molecule has 6 heteroatoms. The summed E-state index contributed by atoms with van der Waals surface area (Å²) in [5.41, 5.74) is 0. The summed E-state index contributed by atoms with van der Waals surface area (Å²) >= 11 is 0. The third-order valence-electron chi connectivity index (χ3n) is 2.50. The Bertz CT molecular complexity index is 247. The number of carboxylic acid groups (broad SMARTS) is 1. The van der Waals surface area contributed by atoms with Crippen molar-refractivity contribution >= 4 is 12.0 Å². The van der Waals surface area contributed by atoms with E-state index < -0.39 is 6.09 Å². The number of hydrogen-bond acceptors (Lipinski definition) is 3. The summed E-state index contributed by atoms with van der Waals surface area (Å²) in [5.74, 6) is 0.0544. The molecule has 0 spiro atoms. The molecule has 0 aromatic carbocycles. The van der Waals surface area contributed by atoms with Gasteiger partial charge in [0, 0.05) is 40.3 Å². The first-order valence-corrected chi connectivity index (χ1v) is 4.91. The molecule has 6 nitrogen and oxygen atoms in total. The van der Waals surface area contributed by atoms with Crippen molar-refractivity contribution in [2.24, 2.45) is 0 Å². The van der Waals surface area contributed by atoms with Crippen molar-refractivity contribution in [1.82, 2.24) is 14.7 Å². The standard InChI is InChI=1S/C9H17N3O3/c1-10(2)8(13)7-11-3-5-12(6-4-11)9(14)15/h3-7H2,1-2H3,(H,14,15). The topological polar surface area (TPSA) is 64.1 Å². The molecule has 1 aliphatic heterocycles. The fraction of sp³-hybridized carbons (Fsp3) is 0.778. The minimum absolute atomic E-state index is 0.0544. The largest absolute Gasteiger partial charge is 0.465 e. The lowest BCUT2D eigenvalue weighted by Gasteiger charge is -2.33. The first-order valence-electron chi connectivity index (χ1n) is 4.91. The number of carbonyl (C=O) groups is 2. The van der Waals surface area contributed by atoms with Crippen molar-refractivity contribution in [1.29, 1.82) is 0 Å². The lowest BCUT2D eigenvalue weighted by Crippen LogP contribution is -2.50. The fourth-order valence-corrected chi connectivity index (χ4v) is 1.43. The normalized spacial score (nSPS) is 17.6. The third-order valence-corrected chi connectivity index (χ3v) is 2.50. The molecule has 0 unspecified atom stereocenters. The zero-order chi connectivity index (χ0) is 11.4. The Balaban J connectivity index is 2.32. The molecule has 0 aromatic heterocycles. The summed E-state index contributed by atoms with van der Waals surface area (Å²) in [6.45, 7) is 2.60. The number of likely N-dealkylation sites (N-methyl/N-ethyl adjacent to an activating group) is 1. The van der Waals surface area contributed by atoms with Gasteiger partial charge in [-0.3, -0.25) is 9.69 Å². The van der Waals surface area contributed by atoms with Crippen molar-refractivity contribution in [3.63, 3.8) is 0 Å². The lowest BCUT2D eigenvalue weighted by atomic mass is 10.3. The molecule has 1 heterocycles. The molecule has 0 atom stereocenters. The van der Waals surface area contributed by atoms with Gasteiger partial charge in [0.05, 0.1) is 6.54 Å². The third kappa shape index (κ3) is 3.39. The van der Waals surface area contributed by atoms with Gasteiger partial charge in [-0.05, 0) is 0 Å². The van der Waals surface area contributed by atoms with Gasteiger partial charge in [0.25, 0.3) is 0 Å². The van der Waals surface area contributed by atoms with Crippen LogP contribution in [-0.4, -0.2) is 78.6 Å². The smallest absolute Gasteiger partial charge is 0.407 e. The molecular weight excluding hydrogens is 198 g/mol. The molecule has 1 N–H and O–H groups in total. The van der Waals surface area contributed by atoms with Crippen LogP contribution in [0.3, 0.4) is 0 Å². The van der Waals surface area contributed by atoms with E-state index in [1.807, 2.05) is 4.90 Å². The maximum atomic E-state index is 11.4. The molecular formula is C9H17N3O3. The van der Waals surface area contributed by atoms with E-state index in [9.17, 15) is 9.59 Å². The van der Waals surface area contributed by atoms with Crippen LogP contribution in [0.25, 0.3) is 0 Å². The molecule has 0 aromatic rings. The SMILES string of the molecule is CN(C)C(=O)CN1CCN(C(=O)O)CC1. The van der Waals surface area contributed by atoms with Gasteiger partial charge < -0.3 is 14.9 Å². The van der Waals surface area contributed by atoms with Gasteiger partial charge in [0.15, 0.2) is 0 Å². The highest BCUT2D eigenvalue weighted by molar-refractivity contribution is 5.77. The molecule has 0 radical (unpaired) electrons. The van der Waals surface area contributed by atoms with Crippen LogP contribution in [0.5, 0.6) is 0 Å². The van der Waals surface area contributed by atoms with Crippen LogP contribution in [0.2, 0.25) is 0 Å². The predicted octanol–water partition coefficient (Wildman–Crippen LogP) is -0.630. The number of nitrogens with zero attached hydrogens (tertiary/aromatic N) is 3. The summed E-state index contributed by atoms with van der Waals surface area (Å²) in [7, 11) is 3.44. The van der Waals surface area contributed by atoms with Crippen LogP contribution < -0.4 is 0 Å². The van der Waals surface area contributed by atoms with Crippen molar-refractivity contribution < 1.29 is 14.7 Å².